The monoisotopic (exact) mass is 262 g/mol. The summed E-state index contributed by atoms with van der Waals surface area (Å²) in [6.07, 6.45) is 0.392. The Labute approximate surface area is 113 Å². The first kappa shape index (κ1) is 14.8. The molecule has 102 valence electrons. The molecule has 19 heavy (non-hydrogen) atoms. The Bertz CT molecular complexity index is 508. The average molecular weight is 262 g/mol. The zero-order valence-corrected chi connectivity index (χ0v) is 11.6. The van der Waals surface area contributed by atoms with Crippen LogP contribution in [0.4, 0.5) is 0 Å². The number of nitriles is 1. The molecule has 0 aromatic heterocycles. The molecule has 0 heterocycles. The number of rotatable bonds is 5. The first-order valence-corrected chi connectivity index (χ1v) is 5.85. The molecule has 0 aliphatic rings. The number of nitrogens with one attached hydrogen (secondary N) is 1. The van der Waals surface area contributed by atoms with E-state index >= 15 is 0 Å². The highest BCUT2D eigenvalue weighted by atomic mass is 16.5. The van der Waals surface area contributed by atoms with Crippen molar-refractivity contribution in [1.29, 1.82) is 5.26 Å². The Morgan fingerprint density at radius 2 is 2.00 bits per heavy atom. The summed E-state index contributed by atoms with van der Waals surface area (Å²) in [6.45, 7) is 3.08. The van der Waals surface area contributed by atoms with Gasteiger partial charge in [-0.2, -0.15) is 5.26 Å². The normalized spacial score (nSPS) is 13.0. The number of hydrogen-bond donors (Lipinski definition) is 1. The smallest absolute Gasteiger partial charge is 0.218 e. The summed E-state index contributed by atoms with van der Waals surface area (Å²) in [7, 11) is 3.12. The lowest BCUT2D eigenvalue weighted by Gasteiger charge is -2.23. The standard InChI is InChI=1S/C14H18N2O3/c1-10(17)16-14(2,9-15)8-11-5-6-12(18-3)13(7-11)19-4/h5-7H,8H2,1-4H3,(H,16,17). The van der Waals surface area contributed by atoms with Gasteiger partial charge >= 0.3 is 0 Å². The number of ether oxygens (including phenoxy) is 2. The van der Waals surface area contributed by atoms with Crippen LogP contribution in [0.15, 0.2) is 18.2 Å². The third-order valence-electron chi connectivity index (χ3n) is 2.70. The molecule has 1 aromatic rings. The van der Waals surface area contributed by atoms with Crippen molar-refractivity contribution in [3.63, 3.8) is 0 Å². The van der Waals surface area contributed by atoms with Gasteiger partial charge in [0.25, 0.3) is 0 Å². The van der Waals surface area contributed by atoms with Crippen LogP contribution in [0.3, 0.4) is 0 Å². The van der Waals surface area contributed by atoms with E-state index in [9.17, 15) is 10.1 Å². The molecule has 0 saturated heterocycles. The summed E-state index contributed by atoms with van der Waals surface area (Å²) in [5, 5.41) is 11.9. The zero-order chi connectivity index (χ0) is 14.5. The third kappa shape index (κ3) is 3.88. The minimum atomic E-state index is -0.939. The maximum absolute atomic E-state index is 11.1. The van der Waals surface area contributed by atoms with E-state index in [1.54, 1.807) is 33.3 Å². The third-order valence-corrected chi connectivity index (χ3v) is 2.70. The molecule has 0 bridgehead atoms. The van der Waals surface area contributed by atoms with Crippen LogP contribution >= 0.6 is 0 Å². The van der Waals surface area contributed by atoms with Crippen LogP contribution in [-0.2, 0) is 11.2 Å². The zero-order valence-electron chi connectivity index (χ0n) is 11.6. The second-order valence-electron chi connectivity index (χ2n) is 4.49. The predicted octanol–water partition coefficient (Wildman–Crippen LogP) is 1.66. The fourth-order valence-corrected chi connectivity index (χ4v) is 1.90. The SMILES string of the molecule is COc1ccc(CC(C)(C#N)NC(C)=O)cc1OC. The van der Waals surface area contributed by atoms with Crippen molar-refractivity contribution in [1.82, 2.24) is 5.32 Å². The Hall–Kier alpha value is -2.22. The van der Waals surface area contributed by atoms with E-state index in [0.29, 0.717) is 17.9 Å². The van der Waals surface area contributed by atoms with E-state index in [-0.39, 0.29) is 5.91 Å². The van der Waals surface area contributed by atoms with Gasteiger partial charge in [0.2, 0.25) is 5.91 Å². The van der Waals surface area contributed by atoms with Crippen LogP contribution in [0.2, 0.25) is 0 Å². The molecule has 1 N–H and O–H groups in total. The summed E-state index contributed by atoms with van der Waals surface area (Å²) in [6, 6.07) is 7.55. The maximum atomic E-state index is 11.1. The minimum absolute atomic E-state index is 0.232. The van der Waals surface area contributed by atoms with Gasteiger partial charge in [-0.15, -0.1) is 0 Å². The second-order valence-corrected chi connectivity index (χ2v) is 4.49. The van der Waals surface area contributed by atoms with Crippen LogP contribution in [0.5, 0.6) is 11.5 Å². The van der Waals surface area contributed by atoms with Crippen LogP contribution in [0.1, 0.15) is 19.4 Å². The quantitative estimate of drug-likeness (QED) is 0.876. The molecule has 1 rings (SSSR count). The van der Waals surface area contributed by atoms with Crippen molar-refractivity contribution in [2.45, 2.75) is 25.8 Å². The molecule has 1 aromatic carbocycles. The fraction of sp³-hybridized carbons (Fsp3) is 0.429. The molecule has 1 atom stereocenters. The molecular weight excluding hydrogens is 244 g/mol. The molecule has 1 amide bonds. The highest BCUT2D eigenvalue weighted by Gasteiger charge is 2.25. The molecule has 0 saturated carbocycles. The van der Waals surface area contributed by atoms with E-state index in [4.69, 9.17) is 9.47 Å². The van der Waals surface area contributed by atoms with Crippen LogP contribution in [-0.4, -0.2) is 25.7 Å². The molecule has 0 radical (unpaired) electrons. The maximum Gasteiger partial charge on any atom is 0.218 e. The van der Waals surface area contributed by atoms with Gasteiger partial charge in [-0.3, -0.25) is 4.79 Å². The van der Waals surface area contributed by atoms with Gasteiger partial charge in [-0.1, -0.05) is 6.07 Å². The number of carbonyl (C=O) groups is 1. The van der Waals surface area contributed by atoms with E-state index in [2.05, 4.69) is 11.4 Å². The van der Waals surface area contributed by atoms with Crippen molar-refractivity contribution >= 4 is 5.91 Å². The van der Waals surface area contributed by atoms with Gasteiger partial charge in [-0.05, 0) is 24.6 Å². The van der Waals surface area contributed by atoms with Crippen LogP contribution in [0, 0.1) is 11.3 Å². The Morgan fingerprint density at radius 1 is 1.37 bits per heavy atom. The Balaban J connectivity index is 2.98. The van der Waals surface area contributed by atoms with E-state index in [1.807, 2.05) is 6.07 Å². The average Bonchev–Trinajstić information content (AvgIpc) is 2.37. The lowest BCUT2D eigenvalue weighted by molar-refractivity contribution is -0.120. The molecule has 1 unspecified atom stereocenters. The molecule has 0 aliphatic carbocycles. The van der Waals surface area contributed by atoms with Crippen LogP contribution in [0.25, 0.3) is 0 Å². The van der Waals surface area contributed by atoms with Gasteiger partial charge in [0.15, 0.2) is 11.5 Å². The minimum Gasteiger partial charge on any atom is -0.493 e. The number of amides is 1. The van der Waals surface area contributed by atoms with Gasteiger partial charge in [0, 0.05) is 13.3 Å². The van der Waals surface area contributed by atoms with Gasteiger partial charge in [0.1, 0.15) is 5.54 Å². The summed E-state index contributed by atoms with van der Waals surface area (Å²) < 4.78 is 10.4. The highest BCUT2D eigenvalue weighted by Crippen LogP contribution is 2.28. The summed E-state index contributed by atoms with van der Waals surface area (Å²) >= 11 is 0. The number of carbonyl (C=O) groups excluding carboxylic acids is 1. The number of nitrogens with zero attached hydrogens (tertiary/aromatic N) is 1. The van der Waals surface area contributed by atoms with Crippen molar-refractivity contribution in [2.75, 3.05) is 14.2 Å². The second kappa shape index (κ2) is 6.10. The van der Waals surface area contributed by atoms with E-state index in [0.717, 1.165) is 5.56 Å². The van der Waals surface area contributed by atoms with Gasteiger partial charge < -0.3 is 14.8 Å². The van der Waals surface area contributed by atoms with Crippen molar-refractivity contribution in [3.05, 3.63) is 23.8 Å². The van der Waals surface area contributed by atoms with Crippen LogP contribution < -0.4 is 14.8 Å². The lowest BCUT2D eigenvalue weighted by atomic mass is 9.94. The van der Waals surface area contributed by atoms with Gasteiger partial charge in [0.05, 0.1) is 20.3 Å². The summed E-state index contributed by atoms with van der Waals surface area (Å²) in [4.78, 5) is 11.1. The molecular formula is C14H18N2O3. The summed E-state index contributed by atoms with van der Waals surface area (Å²) in [5.74, 6) is 0.997. The summed E-state index contributed by atoms with van der Waals surface area (Å²) in [5.41, 5.74) is -0.0544. The van der Waals surface area contributed by atoms with E-state index in [1.165, 1.54) is 6.92 Å². The molecule has 0 fully saturated rings. The predicted molar refractivity (Wildman–Crippen MR) is 71.1 cm³/mol. The van der Waals surface area contributed by atoms with Crippen molar-refractivity contribution in [2.24, 2.45) is 0 Å². The number of benzene rings is 1. The molecule has 0 spiro atoms. The van der Waals surface area contributed by atoms with E-state index < -0.39 is 5.54 Å². The largest absolute Gasteiger partial charge is 0.493 e. The topological polar surface area (TPSA) is 71.3 Å². The Morgan fingerprint density at radius 3 is 2.47 bits per heavy atom. The van der Waals surface area contributed by atoms with Gasteiger partial charge in [-0.25, -0.2) is 0 Å². The fourth-order valence-electron chi connectivity index (χ4n) is 1.90. The van der Waals surface area contributed by atoms with Crippen molar-refractivity contribution < 1.29 is 14.3 Å². The first-order valence-electron chi connectivity index (χ1n) is 5.85. The lowest BCUT2D eigenvalue weighted by Crippen LogP contribution is -2.45. The molecule has 0 aliphatic heterocycles. The first-order chi connectivity index (χ1) is 8.94. The number of hydrogen-bond acceptors (Lipinski definition) is 4. The molecule has 5 heteroatoms. The highest BCUT2D eigenvalue weighted by molar-refractivity contribution is 5.74. The number of methoxy groups -OCH3 is 2. The Kier molecular flexibility index (Phi) is 4.76. The van der Waals surface area contributed by atoms with Crippen molar-refractivity contribution in [3.8, 4) is 17.6 Å². The molecule has 5 nitrogen and oxygen atoms in total.